The van der Waals surface area contributed by atoms with Crippen molar-refractivity contribution in [2.45, 2.75) is 38.0 Å². The number of carbonyl (C=O) groups excluding carboxylic acids is 1. The van der Waals surface area contributed by atoms with Crippen LogP contribution in [0.4, 0.5) is 4.39 Å². The van der Waals surface area contributed by atoms with Crippen LogP contribution in [-0.2, 0) is 5.41 Å². The average molecular weight is 408 g/mol. The fourth-order valence-electron chi connectivity index (χ4n) is 5.19. The minimum absolute atomic E-state index is 0.130. The molecule has 3 aromatic rings. The summed E-state index contributed by atoms with van der Waals surface area (Å²) in [7, 11) is 1.53. The molecule has 2 N–H and O–H groups in total. The number of likely N-dealkylation sites (tertiary alicyclic amines) is 1. The third kappa shape index (κ3) is 2.72. The highest BCUT2D eigenvalue weighted by atomic mass is 19.1. The molecule has 3 heterocycles. The number of nitriles is 1. The van der Waals surface area contributed by atoms with Crippen LogP contribution in [-0.4, -0.2) is 52.1 Å². The SMILES string of the molecule is CNC(=O)c1cc(F)cc2[nH]c3c(C4(C)CCN(CC5(C#N)CCC5)C4)cnn3c12. The Morgan fingerprint density at radius 3 is 2.87 bits per heavy atom. The smallest absolute Gasteiger partial charge is 0.253 e. The summed E-state index contributed by atoms with van der Waals surface area (Å²) in [6, 6.07) is 5.19. The first-order valence-corrected chi connectivity index (χ1v) is 10.4. The highest BCUT2D eigenvalue weighted by Crippen LogP contribution is 2.44. The molecule has 1 aromatic carbocycles. The van der Waals surface area contributed by atoms with Gasteiger partial charge in [-0.1, -0.05) is 13.3 Å². The quantitative estimate of drug-likeness (QED) is 0.695. The van der Waals surface area contributed by atoms with Crippen LogP contribution in [0.3, 0.4) is 0 Å². The fraction of sp³-hybridized carbons (Fsp3) is 0.500. The summed E-state index contributed by atoms with van der Waals surface area (Å²) in [4.78, 5) is 18.0. The summed E-state index contributed by atoms with van der Waals surface area (Å²) in [5, 5.41) is 16.7. The van der Waals surface area contributed by atoms with E-state index in [-0.39, 0.29) is 22.3 Å². The van der Waals surface area contributed by atoms with Crippen molar-refractivity contribution in [2.24, 2.45) is 5.41 Å². The molecular weight excluding hydrogens is 383 g/mol. The third-order valence-corrected chi connectivity index (χ3v) is 7.06. The van der Waals surface area contributed by atoms with Crippen LogP contribution in [0.25, 0.3) is 16.7 Å². The van der Waals surface area contributed by atoms with Gasteiger partial charge in [-0.05, 0) is 37.9 Å². The number of aromatic nitrogens is 3. The highest BCUT2D eigenvalue weighted by molar-refractivity contribution is 6.05. The van der Waals surface area contributed by atoms with Crippen molar-refractivity contribution in [3.8, 4) is 6.07 Å². The molecule has 1 aliphatic carbocycles. The third-order valence-electron chi connectivity index (χ3n) is 7.06. The van der Waals surface area contributed by atoms with Crippen LogP contribution in [0.2, 0.25) is 0 Å². The van der Waals surface area contributed by atoms with Gasteiger partial charge >= 0.3 is 0 Å². The average Bonchev–Trinajstić information content (AvgIpc) is 3.37. The van der Waals surface area contributed by atoms with Gasteiger partial charge in [-0.15, -0.1) is 0 Å². The Bertz CT molecular complexity index is 1200. The molecule has 0 bridgehead atoms. The predicted octanol–water partition coefficient (Wildman–Crippen LogP) is 2.97. The maximum atomic E-state index is 14.1. The Hall–Kier alpha value is -2.92. The van der Waals surface area contributed by atoms with E-state index in [2.05, 4.69) is 33.3 Å². The molecule has 2 aliphatic rings. The Kier molecular flexibility index (Phi) is 4.16. The number of hydrogen-bond donors (Lipinski definition) is 2. The number of benzene rings is 1. The molecule has 8 heteroatoms. The molecule has 1 saturated heterocycles. The van der Waals surface area contributed by atoms with E-state index in [9.17, 15) is 14.4 Å². The van der Waals surface area contributed by atoms with Crippen LogP contribution in [0.15, 0.2) is 18.3 Å². The normalized spacial score (nSPS) is 23.5. The standard InChI is InChI=1S/C22H25FN6O/c1-21(6-7-28(12-21)13-22(11-24)4-3-5-22)16-10-26-29-18-15(20(30)25-2)8-14(23)9-17(18)27-19(16)29/h8-10,27H,3-7,12-13H2,1-2H3,(H,25,30). The zero-order chi connectivity index (χ0) is 21.1. The molecule has 1 saturated carbocycles. The molecule has 0 radical (unpaired) electrons. The molecule has 5 rings (SSSR count). The number of hydrogen-bond acceptors (Lipinski definition) is 4. The fourth-order valence-corrected chi connectivity index (χ4v) is 5.19. The van der Waals surface area contributed by atoms with E-state index in [1.54, 1.807) is 4.52 Å². The second-order valence-electron chi connectivity index (χ2n) is 9.14. The molecule has 0 spiro atoms. The number of nitrogens with zero attached hydrogens (tertiary/aromatic N) is 4. The first kappa shape index (κ1) is 19.1. The van der Waals surface area contributed by atoms with Gasteiger partial charge in [0.2, 0.25) is 0 Å². The van der Waals surface area contributed by atoms with Crippen molar-refractivity contribution in [1.29, 1.82) is 5.26 Å². The number of nitrogens with one attached hydrogen (secondary N) is 2. The molecule has 1 amide bonds. The summed E-state index contributed by atoms with van der Waals surface area (Å²) in [6.07, 6.45) is 5.94. The monoisotopic (exact) mass is 408 g/mol. The lowest BCUT2D eigenvalue weighted by Gasteiger charge is -2.38. The van der Waals surface area contributed by atoms with Gasteiger partial charge < -0.3 is 15.2 Å². The number of fused-ring (bicyclic) bond motifs is 3. The molecule has 1 unspecified atom stereocenters. The van der Waals surface area contributed by atoms with Gasteiger partial charge in [-0.3, -0.25) is 4.79 Å². The van der Waals surface area contributed by atoms with Gasteiger partial charge in [0.25, 0.3) is 5.91 Å². The molecule has 2 fully saturated rings. The minimum Gasteiger partial charge on any atom is -0.355 e. The van der Waals surface area contributed by atoms with Gasteiger partial charge in [0.15, 0.2) is 0 Å². The van der Waals surface area contributed by atoms with Crippen LogP contribution in [0.5, 0.6) is 0 Å². The minimum atomic E-state index is -0.465. The van der Waals surface area contributed by atoms with E-state index in [4.69, 9.17) is 0 Å². The number of H-pyrrole nitrogens is 1. The lowest BCUT2D eigenvalue weighted by molar-refractivity contribution is 0.0964. The summed E-state index contributed by atoms with van der Waals surface area (Å²) in [5.74, 6) is -0.814. The topological polar surface area (TPSA) is 89.2 Å². The molecular formula is C22H25FN6O. The van der Waals surface area contributed by atoms with E-state index in [0.29, 0.717) is 11.0 Å². The summed E-state index contributed by atoms with van der Waals surface area (Å²) in [5.41, 5.74) is 2.93. The molecule has 30 heavy (non-hydrogen) atoms. The first-order valence-electron chi connectivity index (χ1n) is 10.4. The Morgan fingerprint density at radius 1 is 1.40 bits per heavy atom. The zero-order valence-electron chi connectivity index (χ0n) is 17.3. The van der Waals surface area contributed by atoms with E-state index in [0.717, 1.165) is 56.5 Å². The Labute approximate surface area is 173 Å². The number of amides is 1. The van der Waals surface area contributed by atoms with Crippen molar-refractivity contribution >= 4 is 22.6 Å². The number of aromatic amines is 1. The highest BCUT2D eigenvalue weighted by Gasteiger charge is 2.44. The number of rotatable bonds is 4. The first-order chi connectivity index (χ1) is 14.4. The van der Waals surface area contributed by atoms with Crippen molar-refractivity contribution in [1.82, 2.24) is 24.8 Å². The van der Waals surface area contributed by atoms with Crippen molar-refractivity contribution in [2.75, 3.05) is 26.7 Å². The molecule has 7 nitrogen and oxygen atoms in total. The molecule has 1 aliphatic heterocycles. The summed E-state index contributed by atoms with van der Waals surface area (Å²) >= 11 is 0. The van der Waals surface area contributed by atoms with E-state index < -0.39 is 5.82 Å². The van der Waals surface area contributed by atoms with E-state index in [1.165, 1.54) is 19.2 Å². The van der Waals surface area contributed by atoms with Crippen molar-refractivity contribution in [3.05, 3.63) is 35.3 Å². The largest absolute Gasteiger partial charge is 0.355 e. The van der Waals surface area contributed by atoms with Crippen LogP contribution in [0, 0.1) is 22.6 Å². The molecule has 2 aromatic heterocycles. The zero-order valence-corrected chi connectivity index (χ0v) is 17.3. The maximum Gasteiger partial charge on any atom is 0.253 e. The molecule has 156 valence electrons. The van der Waals surface area contributed by atoms with Crippen LogP contribution in [0.1, 0.15) is 48.5 Å². The summed E-state index contributed by atoms with van der Waals surface area (Å²) < 4.78 is 15.8. The van der Waals surface area contributed by atoms with E-state index >= 15 is 0 Å². The second-order valence-corrected chi connectivity index (χ2v) is 9.14. The number of halogens is 1. The van der Waals surface area contributed by atoms with Gasteiger partial charge in [-0.25, -0.2) is 8.91 Å². The molecule has 1 atom stereocenters. The lowest BCUT2D eigenvalue weighted by Crippen LogP contribution is -2.41. The maximum absolute atomic E-state index is 14.1. The Balaban J connectivity index is 1.53. The summed E-state index contributed by atoms with van der Waals surface area (Å²) in [6.45, 7) is 4.83. The van der Waals surface area contributed by atoms with Gasteiger partial charge in [0, 0.05) is 31.1 Å². The van der Waals surface area contributed by atoms with E-state index in [1.807, 2.05) is 6.20 Å². The number of carbonyl (C=O) groups is 1. The van der Waals surface area contributed by atoms with Crippen molar-refractivity contribution < 1.29 is 9.18 Å². The van der Waals surface area contributed by atoms with Gasteiger partial charge in [0.05, 0.1) is 28.8 Å². The Morgan fingerprint density at radius 2 is 2.20 bits per heavy atom. The number of imidazole rings is 1. The van der Waals surface area contributed by atoms with Crippen LogP contribution < -0.4 is 5.32 Å². The second kappa shape index (κ2) is 6.54. The van der Waals surface area contributed by atoms with Gasteiger partial charge in [-0.2, -0.15) is 10.4 Å². The lowest BCUT2D eigenvalue weighted by atomic mass is 9.69. The van der Waals surface area contributed by atoms with Gasteiger partial charge in [0.1, 0.15) is 17.0 Å². The van der Waals surface area contributed by atoms with Crippen molar-refractivity contribution in [3.63, 3.8) is 0 Å². The predicted molar refractivity (Wildman–Crippen MR) is 111 cm³/mol. The van der Waals surface area contributed by atoms with Crippen LogP contribution >= 0.6 is 0 Å².